The molecule has 2 aromatic rings. The number of carbonyl (C=O) groups excluding carboxylic acids is 2. The third kappa shape index (κ3) is 3.55. The van der Waals surface area contributed by atoms with Crippen LogP contribution >= 0.6 is 35.3 Å². The second kappa shape index (κ2) is 7.24. The van der Waals surface area contributed by atoms with Crippen LogP contribution in [0.2, 0.25) is 0 Å². The molecule has 0 unspecified atom stereocenters. The molecular formula is C14H12N4O3S3. The largest absolute Gasteiger partial charge is 0.305 e. The first-order chi connectivity index (χ1) is 11.6. The number of anilines is 1. The number of hydrogen-bond donors (Lipinski definition) is 1. The van der Waals surface area contributed by atoms with Gasteiger partial charge in [-0.2, -0.15) is 0 Å². The lowest BCUT2D eigenvalue weighted by Gasteiger charge is -2.13. The number of rotatable bonds is 5. The molecule has 124 valence electrons. The van der Waals surface area contributed by atoms with Crippen molar-refractivity contribution in [3.63, 3.8) is 0 Å². The molecule has 3 rings (SSSR count). The first-order valence-electron chi connectivity index (χ1n) is 6.98. The fourth-order valence-electron chi connectivity index (χ4n) is 1.99. The maximum Gasteiger partial charge on any atom is 0.266 e. The topological polar surface area (TPSA) is 88.3 Å². The molecule has 0 atom stereocenters. The minimum absolute atomic E-state index is 0.178. The summed E-state index contributed by atoms with van der Waals surface area (Å²) < 4.78 is 4.95. The maximum atomic E-state index is 12.4. The fourth-order valence-corrected chi connectivity index (χ4v) is 3.97. The molecule has 2 amide bonds. The number of nitrogens with one attached hydrogen (secondary N) is 1. The Hall–Kier alpha value is -2.04. The summed E-state index contributed by atoms with van der Waals surface area (Å²) in [5.41, 5.74) is 0.548. The van der Waals surface area contributed by atoms with Crippen molar-refractivity contribution in [3.05, 3.63) is 33.0 Å². The van der Waals surface area contributed by atoms with E-state index in [1.807, 2.05) is 24.4 Å². The summed E-state index contributed by atoms with van der Waals surface area (Å²) in [5, 5.41) is 11.8. The van der Waals surface area contributed by atoms with Crippen LogP contribution in [0.5, 0.6) is 0 Å². The Balaban J connectivity index is 1.67. The van der Waals surface area contributed by atoms with Gasteiger partial charge in [0.1, 0.15) is 16.6 Å². The predicted octanol–water partition coefficient (Wildman–Crippen LogP) is 2.53. The second-order valence-electron chi connectivity index (χ2n) is 4.74. The standard InChI is InChI=1S/C14H12N4O3S3/c1-2-9-12(17-21-16-9)15-11(19)7-18-13(20)10(24-14(18)22)6-8-4-3-5-23-8/h3-6H,2,7H2,1H3,(H,15,17,19)/b10-6-. The predicted molar refractivity (Wildman–Crippen MR) is 96.5 cm³/mol. The van der Waals surface area contributed by atoms with Gasteiger partial charge in [-0.3, -0.25) is 14.5 Å². The van der Waals surface area contributed by atoms with Crippen molar-refractivity contribution in [3.8, 4) is 0 Å². The number of thiophene rings is 1. The zero-order valence-corrected chi connectivity index (χ0v) is 15.0. The van der Waals surface area contributed by atoms with Crippen LogP contribution in [0.3, 0.4) is 0 Å². The molecule has 1 aliphatic rings. The number of aromatic nitrogens is 2. The van der Waals surface area contributed by atoms with Gasteiger partial charge in [0.05, 0.1) is 4.91 Å². The lowest BCUT2D eigenvalue weighted by Crippen LogP contribution is -2.36. The number of nitrogens with zero attached hydrogens (tertiary/aromatic N) is 3. The zero-order chi connectivity index (χ0) is 17.1. The van der Waals surface area contributed by atoms with Gasteiger partial charge in [0.2, 0.25) is 11.7 Å². The number of carbonyl (C=O) groups is 2. The summed E-state index contributed by atoms with van der Waals surface area (Å²) in [6.45, 7) is 1.69. The number of aryl methyl sites for hydroxylation is 1. The molecule has 0 aromatic carbocycles. The molecule has 7 nitrogen and oxygen atoms in total. The van der Waals surface area contributed by atoms with E-state index in [0.717, 1.165) is 4.88 Å². The van der Waals surface area contributed by atoms with Gasteiger partial charge in [0.15, 0.2) is 0 Å². The van der Waals surface area contributed by atoms with Crippen LogP contribution in [0.25, 0.3) is 6.08 Å². The van der Waals surface area contributed by atoms with Crippen molar-refractivity contribution in [1.82, 2.24) is 15.2 Å². The molecule has 1 N–H and O–H groups in total. The Morgan fingerprint density at radius 2 is 2.33 bits per heavy atom. The first kappa shape index (κ1) is 16.8. The quantitative estimate of drug-likeness (QED) is 0.630. The Morgan fingerprint density at radius 3 is 3.04 bits per heavy atom. The number of thioether (sulfide) groups is 1. The lowest BCUT2D eigenvalue weighted by molar-refractivity contribution is -0.126. The van der Waals surface area contributed by atoms with Crippen LogP contribution in [0.1, 0.15) is 17.5 Å². The van der Waals surface area contributed by atoms with E-state index in [0.29, 0.717) is 21.3 Å². The highest BCUT2D eigenvalue weighted by Crippen LogP contribution is 2.33. The molecule has 0 saturated carbocycles. The van der Waals surface area contributed by atoms with Gasteiger partial charge in [-0.15, -0.1) is 11.3 Å². The van der Waals surface area contributed by atoms with E-state index in [9.17, 15) is 9.59 Å². The molecule has 3 heterocycles. The molecule has 0 radical (unpaired) electrons. The maximum absolute atomic E-state index is 12.4. The Morgan fingerprint density at radius 1 is 1.50 bits per heavy atom. The third-order valence-electron chi connectivity index (χ3n) is 3.14. The molecule has 0 aliphatic carbocycles. The highest BCUT2D eigenvalue weighted by molar-refractivity contribution is 8.26. The molecule has 1 saturated heterocycles. The van der Waals surface area contributed by atoms with Crippen LogP contribution in [-0.2, 0) is 16.0 Å². The van der Waals surface area contributed by atoms with Gasteiger partial charge in [0, 0.05) is 4.88 Å². The highest BCUT2D eigenvalue weighted by Gasteiger charge is 2.33. The van der Waals surface area contributed by atoms with Gasteiger partial charge in [-0.1, -0.05) is 42.1 Å². The second-order valence-corrected chi connectivity index (χ2v) is 7.40. The molecule has 2 aromatic heterocycles. The van der Waals surface area contributed by atoms with Crippen LogP contribution in [0.15, 0.2) is 27.0 Å². The number of amides is 2. The van der Waals surface area contributed by atoms with E-state index in [4.69, 9.17) is 12.2 Å². The third-order valence-corrected chi connectivity index (χ3v) is 5.34. The summed E-state index contributed by atoms with van der Waals surface area (Å²) in [4.78, 5) is 27.3. The van der Waals surface area contributed by atoms with E-state index >= 15 is 0 Å². The van der Waals surface area contributed by atoms with Gasteiger partial charge in [0.25, 0.3) is 5.91 Å². The normalized spacial score (nSPS) is 16.2. The van der Waals surface area contributed by atoms with E-state index in [-0.39, 0.29) is 18.3 Å². The fraction of sp³-hybridized carbons (Fsp3) is 0.214. The highest BCUT2D eigenvalue weighted by atomic mass is 32.2. The van der Waals surface area contributed by atoms with E-state index in [2.05, 4.69) is 20.3 Å². The summed E-state index contributed by atoms with van der Waals surface area (Å²) in [7, 11) is 0. The summed E-state index contributed by atoms with van der Waals surface area (Å²) in [6.07, 6.45) is 2.35. The smallest absolute Gasteiger partial charge is 0.266 e. The molecule has 24 heavy (non-hydrogen) atoms. The minimum Gasteiger partial charge on any atom is -0.305 e. The van der Waals surface area contributed by atoms with Crippen molar-refractivity contribution in [2.75, 3.05) is 11.9 Å². The Bertz CT molecular complexity index is 813. The van der Waals surface area contributed by atoms with E-state index in [1.165, 1.54) is 28.0 Å². The monoisotopic (exact) mass is 380 g/mol. The van der Waals surface area contributed by atoms with E-state index in [1.54, 1.807) is 6.08 Å². The zero-order valence-electron chi connectivity index (χ0n) is 12.5. The minimum atomic E-state index is -0.408. The van der Waals surface area contributed by atoms with Crippen molar-refractivity contribution >= 4 is 63.3 Å². The van der Waals surface area contributed by atoms with Gasteiger partial charge >= 0.3 is 0 Å². The van der Waals surface area contributed by atoms with Gasteiger partial charge in [-0.05, 0) is 29.1 Å². The number of thiocarbonyl (C=S) groups is 1. The van der Waals surface area contributed by atoms with Crippen molar-refractivity contribution in [1.29, 1.82) is 0 Å². The molecule has 1 aliphatic heterocycles. The van der Waals surface area contributed by atoms with Crippen molar-refractivity contribution < 1.29 is 14.2 Å². The molecule has 1 fully saturated rings. The first-order valence-corrected chi connectivity index (χ1v) is 9.09. The summed E-state index contributed by atoms with van der Waals surface area (Å²) >= 11 is 7.92. The Labute approximate surface area is 151 Å². The number of hydrogen-bond acceptors (Lipinski definition) is 8. The van der Waals surface area contributed by atoms with Gasteiger partial charge in [-0.25, -0.2) is 4.63 Å². The summed E-state index contributed by atoms with van der Waals surface area (Å²) in [6, 6.07) is 3.82. The average Bonchev–Trinajstić information content (AvgIpc) is 3.26. The van der Waals surface area contributed by atoms with Crippen molar-refractivity contribution in [2.45, 2.75) is 13.3 Å². The molecule has 0 bridgehead atoms. The molecular weight excluding hydrogens is 368 g/mol. The summed E-state index contributed by atoms with van der Waals surface area (Å²) in [5.74, 6) is -0.418. The van der Waals surface area contributed by atoms with Crippen molar-refractivity contribution in [2.24, 2.45) is 0 Å². The molecule has 10 heteroatoms. The SMILES string of the molecule is CCc1nonc1NC(=O)CN1C(=O)/C(=C/c2cccs2)SC1=S. The van der Waals surface area contributed by atoms with Gasteiger partial charge < -0.3 is 5.32 Å². The molecule has 0 spiro atoms. The van der Waals surface area contributed by atoms with E-state index < -0.39 is 5.91 Å². The average molecular weight is 380 g/mol. The van der Waals surface area contributed by atoms with Crippen LogP contribution in [0.4, 0.5) is 5.82 Å². The van der Waals surface area contributed by atoms with Crippen LogP contribution in [-0.4, -0.2) is 37.9 Å². The Kier molecular flexibility index (Phi) is 5.07. The van der Waals surface area contributed by atoms with Crippen LogP contribution in [0, 0.1) is 0 Å². The lowest BCUT2D eigenvalue weighted by atomic mass is 10.3. The van der Waals surface area contributed by atoms with Crippen LogP contribution < -0.4 is 5.32 Å².